The largest absolute Gasteiger partial charge is 0.381 e. The Hall–Kier alpha value is -3.15. The molecule has 2 aromatic carbocycles. The number of nitro groups is 1. The molecule has 0 aliphatic heterocycles. The second kappa shape index (κ2) is 6.74. The predicted octanol–water partition coefficient (Wildman–Crippen LogP) is 3.45. The Kier molecular flexibility index (Phi) is 4.33. The molecular formula is C17H16N4O2. The summed E-state index contributed by atoms with van der Waals surface area (Å²) in [5.74, 6) is 0. The summed E-state index contributed by atoms with van der Waals surface area (Å²) in [6, 6.07) is 16.5. The summed E-state index contributed by atoms with van der Waals surface area (Å²) in [6.45, 7) is 1.36. The maximum absolute atomic E-state index is 10.7. The van der Waals surface area contributed by atoms with E-state index in [1.807, 2.05) is 29.1 Å². The molecule has 1 aromatic heterocycles. The summed E-state index contributed by atoms with van der Waals surface area (Å²) in [5, 5.41) is 18.2. The Bertz CT molecular complexity index is 783. The molecule has 0 atom stereocenters. The fourth-order valence-corrected chi connectivity index (χ4v) is 2.35. The Labute approximate surface area is 133 Å². The van der Waals surface area contributed by atoms with Crippen molar-refractivity contribution in [3.63, 3.8) is 0 Å². The van der Waals surface area contributed by atoms with Gasteiger partial charge in [0.25, 0.3) is 5.69 Å². The van der Waals surface area contributed by atoms with E-state index in [-0.39, 0.29) is 5.69 Å². The van der Waals surface area contributed by atoms with Crippen molar-refractivity contribution in [2.75, 3.05) is 5.32 Å². The molecule has 0 amide bonds. The Morgan fingerprint density at radius 3 is 2.43 bits per heavy atom. The summed E-state index contributed by atoms with van der Waals surface area (Å²) in [6.07, 6.45) is 3.69. The fraction of sp³-hybridized carbons (Fsp3) is 0.118. The molecule has 0 spiro atoms. The van der Waals surface area contributed by atoms with Crippen LogP contribution >= 0.6 is 0 Å². The van der Waals surface area contributed by atoms with Crippen molar-refractivity contribution in [1.82, 2.24) is 9.78 Å². The minimum absolute atomic E-state index is 0.0923. The van der Waals surface area contributed by atoms with Gasteiger partial charge >= 0.3 is 0 Å². The van der Waals surface area contributed by atoms with Gasteiger partial charge < -0.3 is 5.32 Å². The summed E-state index contributed by atoms with van der Waals surface area (Å²) in [5.41, 5.74) is 3.30. The van der Waals surface area contributed by atoms with E-state index in [0.717, 1.165) is 5.69 Å². The number of rotatable bonds is 6. The molecule has 1 N–H and O–H groups in total. The van der Waals surface area contributed by atoms with Gasteiger partial charge in [0.05, 0.1) is 11.5 Å². The monoisotopic (exact) mass is 308 g/mol. The van der Waals surface area contributed by atoms with Crippen LogP contribution in [0.25, 0.3) is 0 Å². The van der Waals surface area contributed by atoms with Crippen molar-refractivity contribution in [2.24, 2.45) is 0 Å². The highest BCUT2D eigenvalue weighted by atomic mass is 16.6. The molecule has 0 aliphatic rings. The number of non-ortho nitro benzene ring substituents is 1. The highest BCUT2D eigenvalue weighted by molar-refractivity contribution is 5.49. The molecule has 1 heterocycles. The SMILES string of the molecule is O=[N+]([O-])c1ccc(NCc2ccccc2Cn2cccn2)cc1. The zero-order valence-corrected chi connectivity index (χ0v) is 12.4. The van der Waals surface area contributed by atoms with Gasteiger partial charge in [0.2, 0.25) is 0 Å². The molecule has 0 saturated heterocycles. The second-order valence-electron chi connectivity index (χ2n) is 5.13. The van der Waals surface area contributed by atoms with Gasteiger partial charge in [0.15, 0.2) is 0 Å². The molecule has 0 saturated carbocycles. The molecular weight excluding hydrogens is 292 g/mol. The molecule has 6 nitrogen and oxygen atoms in total. The van der Waals surface area contributed by atoms with Crippen LogP contribution in [0.1, 0.15) is 11.1 Å². The maximum Gasteiger partial charge on any atom is 0.269 e. The maximum atomic E-state index is 10.7. The lowest BCUT2D eigenvalue weighted by atomic mass is 10.1. The lowest BCUT2D eigenvalue weighted by Gasteiger charge is -2.11. The first-order valence-electron chi connectivity index (χ1n) is 7.25. The van der Waals surface area contributed by atoms with Crippen LogP contribution in [0.5, 0.6) is 0 Å². The molecule has 0 unspecified atom stereocenters. The lowest BCUT2D eigenvalue weighted by Crippen LogP contribution is -2.07. The van der Waals surface area contributed by atoms with Crippen molar-refractivity contribution in [3.05, 3.63) is 88.2 Å². The van der Waals surface area contributed by atoms with E-state index in [1.54, 1.807) is 18.3 Å². The fourth-order valence-electron chi connectivity index (χ4n) is 2.35. The number of aromatic nitrogens is 2. The molecule has 0 aliphatic carbocycles. The van der Waals surface area contributed by atoms with Gasteiger partial charge in [-0.3, -0.25) is 14.8 Å². The highest BCUT2D eigenvalue weighted by Crippen LogP contribution is 2.17. The van der Waals surface area contributed by atoms with Gasteiger partial charge in [0, 0.05) is 36.8 Å². The standard InChI is InChI=1S/C17H16N4O2/c22-21(23)17-8-6-16(7-9-17)18-12-14-4-1-2-5-15(14)13-20-11-3-10-19-20/h1-11,18H,12-13H2. The molecule has 116 valence electrons. The van der Waals surface area contributed by atoms with Crippen LogP contribution in [-0.2, 0) is 13.1 Å². The number of nitro benzene ring substituents is 1. The number of nitrogens with zero attached hydrogens (tertiary/aromatic N) is 3. The number of nitrogens with one attached hydrogen (secondary N) is 1. The van der Waals surface area contributed by atoms with Crippen LogP contribution in [-0.4, -0.2) is 14.7 Å². The molecule has 0 bridgehead atoms. The van der Waals surface area contributed by atoms with Crippen LogP contribution in [0.2, 0.25) is 0 Å². The number of hydrogen-bond donors (Lipinski definition) is 1. The van der Waals surface area contributed by atoms with Gasteiger partial charge in [-0.05, 0) is 29.3 Å². The predicted molar refractivity (Wildman–Crippen MR) is 88.2 cm³/mol. The van der Waals surface area contributed by atoms with E-state index in [1.165, 1.54) is 23.3 Å². The van der Waals surface area contributed by atoms with E-state index in [0.29, 0.717) is 13.1 Å². The average molecular weight is 308 g/mol. The Balaban J connectivity index is 1.69. The third-order valence-corrected chi connectivity index (χ3v) is 3.57. The summed E-state index contributed by atoms with van der Waals surface area (Å²) < 4.78 is 1.88. The highest BCUT2D eigenvalue weighted by Gasteiger charge is 2.05. The summed E-state index contributed by atoms with van der Waals surface area (Å²) in [7, 11) is 0. The summed E-state index contributed by atoms with van der Waals surface area (Å²) >= 11 is 0. The number of hydrogen-bond acceptors (Lipinski definition) is 4. The minimum atomic E-state index is -0.400. The second-order valence-corrected chi connectivity index (χ2v) is 5.13. The van der Waals surface area contributed by atoms with Crippen molar-refractivity contribution >= 4 is 11.4 Å². The third-order valence-electron chi connectivity index (χ3n) is 3.57. The number of anilines is 1. The first kappa shape index (κ1) is 14.8. The molecule has 3 rings (SSSR count). The lowest BCUT2D eigenvalue weighted by molar-refractivity contribution is -0.384. The van der Waals surface area contributed by atoms with Crippen molar-refractivity contribution in [1.29, 1.82) is 0 Å². The first-order valence-corrected chi connectivity index (χ1v) is 7.25. The van der Waals surface area contributed by atoms with E-state index in [4.69, 9.17) is 0 Å². The van der Waals surface area contributed by atoms with Crippen molar-refractivity contribution in [3.8, 4) is 0 Å². The van der Waals surface area contributed by atoms with Gasteiger partial charge in [-0.25, -0.2) is 0 Å². The molecule has 3 aromatic rings. The van der Waals surface area contributed by atoms with Crippen LogP contribution in [0, 0.1) is 10.1 Å². The van der Waals surface area contributed by atoms with E-state index in [9.17, 15) is 10.1 Å². The average Bonchev–Trinajstić information content (AvgIpc) is 3.07. The third kappa shape index (κ3) is 3.74. The minimum Gasteiger partial charge on any atom is -0.381 e. The first-order chi connectivity index (χ1) is 11.2. The normalized spacial score (nSPS) is 10.4. The Morgan fingerprint density at radius 2 is 1.78 bits per heavy atom. The van der Waals surface area contributed by atoms with Gasteiger partial charge in [0.1, 0.15) is 0 Å². The zero-order valence-electron chi connectivity index (χ0n) is 12.4. The van der Waals surface area contributed by atoms with Gasteiger partial charge in [-0.2, -0.15) is 5.10 Å². The van der Waals surface area contributed by atoms with Crippen molar-refractivity contribution < 1.29 is 4.92 Å². The zero-order chi connectivity index (χ0) is 16.1. The van der Waals surface area contributed by atoms with Crippen molar-refractivity contribution in [2.45, 2.75) is 13.1 Å². The Morgan fingerprint density at radius 1 is 1.04 bits per heavy atom. The molecule has 0 radical (unpaired) electrons. The van der Waals surface area contributed by atoms with Gasteiger partial charge in [-0.15, -0.1) is 0 Å². The van der Waals surface area contributed by atoms with Crippen LogP contribution in [0.3, 0.4) is 0 Å². The van der Waals surface area contributed by atoms with E-state index in [2.05, 4.69) is 22.5 Å². The van der Waals surface area contributed by atoms with E-state index >= 15 is 0 Å². The number of benzene rings is 2. The smallest absolute Gasteiger partial charge is 0.269 e. The van der Waals surface area contributed by atoms with Crippen LogP contribution < -0.4 is 5.32 Å². The molecule has 23 heavy (non-hydrogen) atoms. The topological polar surface area (TPSA) is 73.0 Å². The van der Waals surface area contributed by atoms with Crippen LogP contribution in [0.15, 0.2) is 67.0 Å². The van der Waals surface area contributed by atoms with Gasteiger partial charge in [-0.1, -0.05) is 24.3 Å². The summed E-state index contributed by atoms with van der Waals surface area (Å²) in [4.78, 5) is 10.3. The van der Waals surface area contributed by atoms with E-state index < -0.39 is 4.92 Å². The quantitative estimate of drug-likeness (QED) is 0.559. The molecule has 6 heteroatoms. The molecule has 0 fully saturated rings. The van der Waals surface area contributed by atoms with Crippen LogP contribution in [0.4, 0.5) is 11.4 Å².